The van der Waals surface area contributed by atoms with Crippen LogP contribution in [0.4, 0.5) is 0 Å². The standard InChI is InChI=1S/C23H34O8/c1-20-9-16(26)19-15(23(20,30)5-3-14(20)12-6-18(28)31-10-12)2-4-21(29)8-13(25)7-17(27)22(19,21)11-24/h6,13-17,19,24-27,29-30H,2-5,7-11H2,1H3/t13-,14+,15-,16+,17+,19-,20+,21-,22+,23-/m0/s1. The van der Waals surface area contributed by atoms with E-state index >= 15 is 0 Å². The Bertz CT molecular complexity index is 813. The first-order valence-corrected chi connectivity index (χ1v) is 11.5. The largest absolute Gasteiger partial charge is 0.458 e. The van der Waals surface area contributed by atoms with Gasteiger partial charge >= 0.3 is 5.97 Å². The van der Waals surface area contributed by atoms with Crippen molar-refractivity contribution in [3.8, 4) is 0 Å². The maximum Gasteiger partial charge on any atom is 0.331 e. The monoisotopic (exact) mass is 438 g/mol. The SMILES string of the molecule is C[C@]12C[C@@H](O)[C@@H]3[C@H](CC[C@]4(O)C[C@@H](O)C[C@@H](O)[C@]34CO)[C@@]1(O)CC[C@@H]2C1=CC(=O)OC1. The highest BCUT2D eigenvalue weighted by atomic mass is 16.5. The number of hydrogen-bond donors (Lipinski definition) is 6. The summed E-state index contributed by atoms with van der Waals surface area (Å²) in [5.74, 6) is -1.62. The molecule has 0 aromatic heterocycles. The molecule has 31 heavy (non-hydrogen) atoms. The molecule has 0 radical (unpaired) electrons. The van der Waals surface area contributed by atoms with Gasteiger partial charge in [-0.05, 0) is 49.5 Å². The second-order valence-corrected chi connectivity index (χ2v) is 11.0. The quantitative estimate of drug-likeness (QED) is 0.320. The van der Waals surface area contributed by atoms with E-state index in [0.29, 0.717) is 19.3 Å². The summed E-state index contributed by atoms with van der Waals surface area (Å²) in [5, 5.41) is 67.0. The molecule has 5 rings (SSSR count). The van der Waals surface area contributed by atoms with E-state index in [4.69, 9.17) is 4.74 Å². The lowest BCUT2D eigenvalue weighted by atomic mass is 9.40. The number of fused-ring (bicyclic) bond motifs is 5. The van der Waals surface area contributed by atoms with Crippen molar-refractivity contribution >= 4 is 5.97 Å². The van der Waals surface area contributed by atoms with Crippen molar-refractivity contribution in [3.63, 3.8) is 0 Å². The van der Waals surface area contributed by atoms with Gasteiger partial charge in [0.2, 0.25) is 0 Å². The highest BCUT2D eigenvalue weighted by Gasteiger charge is 2.75. The normalized spacial score (nSPS) is 56.4. The number of carbonyl (C=O) groups excluding carboxylic acids is 1. The molecule has 8 nitrogen and oxygen atoms in total. The van der Waals surface area contributed by atoms with Gasteiger partial charge in [0.25, 0.3) is 0 Å². The molecule has 0 unspecified atom stereocenters. The third-order valence-corrected chi connectivity index (χ3v) is 10.1. The number of aliphatic hydroxyl groups is 6. The zero-order valence-electron chi connectivity index (χ0n) is 17.9. The van der Waals surface area contributed by atoms with E-state index < -0.39 is 58.8 Å². The van der Waals surface area contributed by atoms with E-state index in [1.807, 2.05) is 6.92 Å². The Morgan fingerprint density at radius 2 is 1.87 bits per heavy atom. The first-order chi connectivity index (χ1) is 14.5. The number of ether oxygens (including phenoxy) is 1. The number of rotatable bonds is 2. The third-order valence-electron chi connectivity index (χ3n) is 10.1. The molecule has 4 saturated carbocycles. The number of hydrogen-bond acceptors (Lipinski definition) is 8. The molecule has 0 spiro atoms. The molecule has 0 bridgehead atoms. The smallest absolute Gasteiger partial charge is 0.331 e. The topological polar surface area (TPSA) is 148 Å². The Morgan fingerprint density at radius 3 is 2.52 bits per heavy atom. The molecule has 0 aromatic carbocycles. The summed E-state index contributed by atoms with van der Waals surface area (Å²) in [6.07, 6.45) is 0.531. The van der Waals surface area contributed by atoms with Gasteiger partial charge in [0.1, 0.15) is 6.61 Å². The van der Waals surface area contributed by atoms with E-state index in [9.17, 15) is 35.4 Å². The predicted molar refractivity (Wildman–Crippen MR) is 107 cm³/mol. The first kappa shape index (κ1) is 21.8. The Hall–Kier alpha value is -1.03. The van der Waals surface area contributed by atoms with Gasteiger partial charge in [-0.25, -0.2) is 4.79 Å². The van der Waals surface area contributed by atoms with E-state index in [0.717, 1.165) is 5.57 Å². The fraction of sp³-hybridized carbons (Fsp3) is 0.870. The van der Waals surface area contributed by atoms with Crippen LogP contribution in [0, 0.1) is 28.6 Å². The number of carbonyl (C=O) groups is 1. The van der Waals surface area contributed by atoms with Crippen molar-refractivity contribution in [2.45, 2.75) is 81.4 Å². The second-order valence-electron chi connectivity index (χ2n) is 11.0. The number of cyclic esters (lactones) is 1. The third kappa shape index (κ3) is 2.55. The Morgan fingerprint density at radius 1 is 1.13 bits per heavy atom. The molecule has 4 aliphatic carbocycles. The molecule has 1 heterocycles. The lowest BCUT2D eigenvalue weighted by molar-refractivity contribution is -0.317. The second kappa shape index (κ2) is 6.74. The van der Waals surface area contributed by atoms with Gasteiger partial charge < -0.3 is 35.4 Å². The molecule has 1 aliphatic heterocycles. The van der Waals surface area contributed by atoms with Crippen LogP contribution in [0.25, 0.3) is 0 Å². The van der Waals surface area contributed by atoms with E-state index in [1.54, 1.807) is 0 Å². The molecule has 5 aliphatic rings. The predicted octanol–water partition coefficient (Wildman–Crippen LogP) is -0.367. The highest BCUT2D eigenvalue weighted by molar-refractivity contribution is 5.85. The first-order valence-electron chi connectivity index (χ1n) is 11.5. The highest BCUT2D eigenvalue weighted by Crippen LogP contribution is 2.70. The van der Waals surface area contributed by atoms with Gasteiger partial charge in [-0.2, -0.15) is 0 Å². The van der Waals surface area contributed by atoms with Gasteiger partial charge in [-0.3, -0.25) is 0 Å². The fourth-order valence-corrected chi connectivity index (χ4v) is 8.69. The Kier molecular flexibility index (Phi) is 4.74. The van der Waals surface area contributed by atoms with Crippen molar-refractivity contribution in [1.29, 1.82) is 0 Å². The molecule has 0 saturated heterocycles. The summed E-state index contributed by atoms with van der Waals surface area (Å²) in [5.41, 5.74) is -3.95. The lowest BCUT2D eigenvalue weighted by Gasteiger charge is -2.68. The zero-order valence-corrected chi connectivity index (χ0v) is 17.9. The van der Waals surface area contributed by atoms with Gasteiger partial charge in [0.05, 0.1) is 41.5 Å². The summed E-state index contributed by atoms with van der Waals surface area (Å²) < 4.78 is 5.11. The van der Waals surface area contributed by atoms with E-state index in [-0.39, 0.29) is 44.2 Å². The van der Waals surface area contributed by atoms with Crippen LogP contribution >= 0.6 is 0 Å². The maximum absolute atomic E-state index is 12.1. The van der Waals surface area contributed by atoms with Crippen LogP contribution in [0.5, 0.6) is 0 Å². The van der Waals surface area contributed by atoms with Crippen LogP contribution < -0.4 is 0 Å². The summed E-state index contributed by atoms with van der Waals surface area (Å²) in [7, 11) is 0. The average Bonchev–Trinajstić information content (AvgIpc) is 3.21. The zero-order chi connectivity index (χ0) is 22.4. The molecule has 0 aromatic rings. The number of aliphatic hydroxyl groups excluding tert-OH is 4. The molecule has 174 valence electrons. The maximum atomic E-state index is 12.1. The van der Waals surface area contributed by atoms with Crippen LogP contribution in [0.3, 0.4) is 0 Å². The molecular formula is C23H34O8. The molecule has 8 heteroatoms. The Balaban J connectivity index is 1.58. The minimum absolute atomic E-state index is 0.0173. The van der Waals surface area contributed by atoms with Gasteiger partial charge in [-0.15, -0.1) is 0 Å². The van der Waals surface area contributed by atoms with Crippen molar-refractivity contribution < 1.29 is 40.2 Å². The summed E-state index contributed by atoms with van der Waals surface area (Å²) in [6, 6.07) is 0. The molecular weight excluding hydrogens is 404 g/mol. The lowest BCUT2D eigenvalue weighted by Crippen LogP contribution is -2.75. The van der Waals surface area contributed by atoms with E-state index in [2.05, 4.69) is 0 Å². The van der Waals surface area contributed by atoms with Crippen LogP contribution in [0.1, 0.15) is 51.9 Å². The van der Waals surface area contributed by atoms with Crippen LogP contribution in [-0.4, -0.2) is 79.3 Å². The van der Waals surface area contributed by atoms with Crippen molar-refractivity contribution in [2.24, 2.45) is 28.6 Å². The average molecular weight is 439 g/mol. The van der Waals surface area contributed by atoms with Gasteiger partial charge in [0.15, 0.2) is 0 Å². The molecule has 4 fully saturated rings. The van der Waals surface area contributed by atoms with Crippen LogP contribution in [0.2, 0.25) is 0 Å². The molecule has 6 N–H and O–H groups in total. The minimum atomic E-state index is -1.52. The summed E-state index contributed by atoms with van der Waals surface area (Å²) in [6.45, 7) is 1.64. The van der Waals surface area contributed by atoms with Gasteiger partial charge in [-0.1, -0.05) is 6.92 Å². The fourth-order valence-electron chi connectivity index (χ4n) is 8.69. The van der Waals surface area contributed by atoms with Crippen molar-refractivity contribution in [1.82, 2.24) is 0 Å². The van der Waals surface area contributed by atoms with E-state index in [1.165, 1.54) is 6.08 Å². The summed E-state index contributed by atoms with van der Waals surface area (Å²) >= 11 is 0. The van der Waals surface area contributed by atoms with Gasteiger partial charge in [0, 0.05) is 30.3 Å². The van der Waals surface area contributed by atoms with Crippen molar-refractivity contribution in [2.75, 3.05) is 13.2 Å². The Labute approximate surface area is 181 Å². The number of esters is 1. The minimum Gasteiger partial charge on any atom is -0.458 e. The summed E-state index contributed by atoms with van der Waals surface area (Å²) in [4.78, 5) is 11.7. The molecule has 0 amide bonds. The molecule has 10 atom stereocenters. The van der Waals surface area contributed by atoms with Crippen molar-refractivity contribution in [3.05, 3.63) is 11.6 Å². The van der Waals surface area contributed by atoms with Crippen LogP contribution in [0.15, 0.2) is 11.6 Å². The van der Waals surface area contributed by atoms with Crippen LogP contribution in [-0.2, 0) is 9.53 Å².